The lowest BCUT2D eigenvalue weighted by molar-refractivity contribution is -0.129. The maximum atomic E-state index is 10.6. The molecule has 2 fully saturated rings. The van der Waals surface area contributed by atoms with Crippen molar-refractivity contribution in [3.05, 3.63) is 0 Å². The summed E-state index contributed by atoms with van der Waals surface area (Å²) in [5.41, 5.74) is 19.1. The number of carbonyl (C=O) groups excluding carboxylic acids is 4. The van der Waals surface area contributed by atoms with E-state index in [1.54, 1.807) is 41.9 Å². The molecule has 2 unspecified atom stereocenters. The molecule has 17 heteroatoms. The van der Waals surface area contributed by atoms with Crippen LogP contribution in [0.25, 0.3) is 0 Å². The van der Waals surface area contributed by atoms with Crippen LogP contribution in [0.1, 0.15) is 88.0 Å². The number of hydrazone groups is 2. The van der Waals surface area contributed by atoms with Crippen LogP contribution in [0.5, 0.6) is 0 Å². The molecule has 2 saturated heterocycles. The first-order chi connectivity index (χ1) is 20.6. The zero-order chi connectivity index (χ0) is 36.7. The van der Waals surface area contributed by atoms with E-state index < -0.39 is 0 Å². The van der Waals surface area contributed by atoms with Crippen molar-refractivity contribution in [3.63, 3.8) is 0 Å². The van der Waals surface area contributed by atoms with Crippen molar-refractivity contribution in [1.82, 2.24) is 25.6 Å². The first-order valence-electron chi connectivity index (χ1n) is 14.4. The van der Waals surface area contributed by atoms with Crippen LogP contribution in [0.2, 0.25) is 0 Å². The molecule has 0 aromatic carbocycles. The Hall–Kier alpha value is -4.15. The average molecular weight is 649 g/mol. The van der Waals surface area contributed by atoms with Crippen LogP contribution in [0.3, 0.4) is 0 Å². The maximum absolute atomic E-state index is 10.6. The predicted molar refractivity (Wildman–Crippen MR) is 183 cm³/mol. The van der Waals surface area contributed by atoms with Crippen LogP contribution in [0.15, 0.2) is 10.2 Å². The number of amidine groups is 3. The summed E-state index contributed by atoms with van der Waals surface area (Å²) in [6.07, 6.45) is 4.88. The molecule has 0 aromatic rings. The fraction of sp³-hybridized carbons (Fsp3) is 0.750. The van der Waals surface area contributed by atoms with Gasteiger partial charge in [-0.25, -0.2) is 5.48 Å². The Kier molecular flexibility index (Phi) is 36.7. The van der Waals surface area contributed by atoms with E-state index in [1.807, 2.05) is 11.8 Å². The van der Waals surface area contributed by atoms with Crippen molar-refractivity contribution in [1.29, 1.82) is 5.41 Å². The lowest BCUT2D eigenvalue weighted by atomic mass is 10.2. The lowest BCUT2D eigenvalue weighted by Gasteiger charge is -2.26. The number of nitrogens with zero attached hydrogens (tertiary/aromatic N) is 5. The highest BCUT2D eigenvalue weighted by atomic mass is 16.6. The topological polar surface area (TPSA) is 264 Å². The van der Waals surface area contributed by atoms with Crippen LogP contribution in [0, 0.1) is 5.41 Å². The summed E-state index contributed by atoms with van der Waals surface area (Å²) in [7, 11) is 6.54. The monoisotopic (exact) mass is 649 g/mol. The van der Waals surface area contributed by atoms with Gasteiger partial charge < -0.3 is 43.2 Å². The number of nitrogens with one attached hydrogen (secondary N) is 3. The fourth-order valence-electron chi connectivity index (χ4n) is 3.21. The molecule has 2 atom stereocenters. The maximum Gasteiger partial charge on any atom is 0.240 e. The van der Waals surface area contributed by atoms with Crippen molar-refractivity contribution in [2.24, 2.45) is 33.2 Å². The summed E-state index contributed by atoms with van der Waals surface area (Å²) in [4.78, 5) is 49.5. The van der Waals surface area contributed by atoms with Gasteiger partial charge in [0.15, 0.2) is 0 Å². The zero-order valence-electron chi connectivity index (χ0n) is 30.0. The van der Waals surface area contributed by atoms with E-state index in [1.165, 1.54) is 58.5 Å². The third-order valence-electron chi connectivity index (χ3n) is 5.26. The van der Waals surface area contributed by atoms with Crippen LogP contribution in [-0.4, -0.2) is 109 Å². The van der Waals surface area contributed by atoms with E-state index in [0.717, 1.165) is 18.9 Å². The summed E-state index contributed by atoms with van der Waals surface area (Å²) in [5, 5.41) is 14.1. The second-order valence-corrected chi connectivity index (χ2v) is 10.1. The molecule has 0 saturated carbocycles. The minimum Gasteiger partial charge on any atom is -0.386 e. The number of hydrogen-bond acceptors (Lipinski definition) is 10. The second-order valence-electron chi connectivity index (χ2n) is 10.1. The van der Waals surface area contributed by atoms with Gasteiger partial charge in [-0.05, 0) is 60.3 Å². The zero-order valence-corrected chi connectivity index (χ0v) is 30.0. The van der Waals surface area contributed by atoms with Gasteiger partial charge in [0.1, 0.15) is 11.7 Å². The molecule has 0 radical (unpaired) electrons. The first kappa shape index (κ1) is 50.5. The summed E-state index contributed by atoms with van der Waals surface area (Å²) >= 11 is 0. The molecule has 17 nitrogen and oxygen atoms in total. The number of rotatable bonds is 2. The first-order valence-corrected chi connectivity index (χ1v) is 14.4. The van der Waals surface area contributed by atoms with E-state index in [9.17, 15) is 19.2 Å². The number of primary amides is 1. The Morgan fingerprint density at radius 2 is 1.22 bits per heavy atom. The fourth-order valence-corrected chi connectivity index (χ4v) is 3.21. The number of carbonyl (C=O) groups is 4. The average Bonchev–Trinajstić information content (AvgIpc) is 3.55. The van der Waals surface area contributed by atoms with E-state index in [-0.39, 0.29) is 23.6 Å². The lowest BCUT2D eigenvalue weighted by Crippen LogP contribution is -2.36. The molecule has 0 aliphatic carbocycles. The molecule has 0 spiro atoms. The summed E-state index contributed by atoms with van der Waals surface area (Å²) in [6.45, 7) is 17.4. The van der Waals surface area contributed by atoms with Crippen LogP contribution in [0.4, 0.5) is 0 Å². The smallest absolute Gasteiger partial charge is 0.240 e. The standard InChI is InChI=1S/C8H16N2.C6H11NO.C4H9NO.C3H9N3.C3H7NO2.C2H7N3.C2H5NO/c1-6-4-5-7(2)10(6)8(3)9;1-6(8)7-4-2-3-5-7;1-4(6)5(2)3;1-3(4)6-5-2;1-3(5)4-6-2;1-2(3)5-4;1-2(3)4/h6-7,9H,4-5H2,1-3H3;2-5H2,1H3;1-3H3;5H,1-2H3,(H2,4,6);1-2H3,(H,4,5);4H2,1H3,(H2,3,5);1H3,(H2,3,4). The third-order valence-corrected chi connectivity index (χ3v) is 5.26. The highest BCUT2D eigenvalue weighted by Crippen LogP contribution is 2.22. The molecule has 2 rings (SSSR count). The Balaban J connectivity index is -0.000000141. The summed E-state index contributed by atoms with van der Waals surface area (Å²) in [5.74, 6) is 6.12. The van der Waals surface area contributed by atoms with Gasteiger partial charge >= 0.3 is 0 Å². The highest BCUT2D eigenvalue weighted by Gasteiger charge is 2.26. The van der Waals surface area contributed by atoms with Gasteiger partial charge in [-0.2, -0.15) is 10.2 Å². The molecule has 266 valence electrons. The van der Waals surface area contributed by atoms with Gasteiger partial charge in [-0.3, -0.25) is 29.4 Å². The molecule has 4 amide bonds. The number of amides is 4. The van der Waals surface area contributed by atoms with E-state index in [0.29, 0.717) is 23.8 Å². The van der Waals surface area contributed by atoms with Crippen molar-refractivity contribution < 1.29 is 24.0 Å². The van der Waals surface area contributed by atoms with E-state index in [2.05, 4.69) is 56.3 Å². The van der Waals surface area contributed by atoms with Gasteiger partial charge in [0.25, 0.3) is 0 Å². The van der Waals surface area contributed by atoms with Crippen LogP contribution in [-0.2, 0) is 24.0 Å². The molecular weight excluding hydrogens is 584 g/mol. The summed E-state index contributed by atoms with van der Waals surface area (Å²) < 4.78 is 0. The van der Waals surface area contributed by atoms with Crippen LogP contribution >= 0.6 is 0 Å². The quantitative estimate of drug-likeness (QED) is 0.0942. The molecule has 2 aliphatic rings. The molecule has 0 aromatic heterocycles. The number of likely N-dealkylation sites (tertiary alicyclic amines) is 2. The molecule has 11 N–H and O–H groups in total. The predicted octanol–water partition coefficient (Wildman–Crippen LogP) is 0.490. The Bertz CT molecular complexity index is 854. The highest BCUT2D eigenvalue weighted by molar-refractivity contribution is 5.77. The molecule has 2 heterocycles. The normalized spacial score (nSPS) is 16.2. The molecule has 0 bridgehead atoms. The van der Waals surface area contributed by atoms with E-state index >= 15 is 0 Å². The Morgan fingerprint density at radius 3 is 1.31 bits per heavy atom. The van der Waals surface area contributed by atoms with Gasteiger partial charge in [0, 0.05) is 74.0 Å². The summed E-state index contributed by atoms with van der Waals surface area (Å²) in [6, 6.07) is 1.18. The number of hydrogen-bond donors (Lipinski definition) is 7. The number of nitrogens with two attached hydrogens (primary N) is 4. The number of hydroxylamine groups is 1. The minimum absolute atomic E-state index is 0.0926. The minimum atomic E-state index is -0.333. The van der Waals surface area contributed by atoms with Crippen molar-refractivity contribution in [2.45, 2.75) is 100 Å². The van der Waals surface area contributed by atoms with Gasteiger partial charge in [-0.15, -0.1) is 0 Å². The third kappa shape index (κ3) is 44.4. The SMILES string of the molecule is CC(=N)N1C(C)CCC1C.CC(=O)N(C)C.CC(=O)N1CCCC1.CC(N)=NN.CC(N)=O.CNN=C(C)N.CONC(C)=O. The van der Waals surface area contributed by atoms with Crippen molar-refractivity contribution in [3.8, 4) is 0 Å². The Morgan fingerprint density at radius 1 is 0.867 bits per heavy atom. The van der Waals surface area contributed by atoms with Gasteiger partial charge in [0.2, 0.25) is 23.6 Å². The molecule has 45 heavy (non-hydrogen) atoms. The van der Waals surface area contributed by atoms with Gasteiger partial charge in [0.05, 0.1) is 12.9 Å². The molecule has 2 aliphatic heterocycles. The van der Waals surface area contributed by atoms with Gasteiger partial charge in [-0.1, -0.05) is 0 Å². The second kappa shape index (κ2) is 32.8. The molecular formula is C28H64N12O5. The van der Waals surface area contributed by atoms with Crippen LogP contribution < -0.4 is 33.9 Å². The largest absolute Gasteiger partial charge is 0.386 e. The van der Waals surface area contributed by atoms with Crippen molar-refractivity contribution >= 4 is 41.1 Å². The Labute approximate surface area is 270 Å². The van der Waals surface area contributed by atoms with Crippen molar-refractivity contribution in [2.75, 3.05) is 41.3 Å². The van der Waals surface area contributed by atoms with E-state index in [4.69, 9.17) is 16.9 Å².